The van der Waals surface area contributed by atoms with Crippen molar-refractivity contribution in [3.8, 4) is 17.2 Å². The number of nitrogens with one attached hydrogen (secondary N) is 1. The fourth-order valence-corrected chi connectivity index (χ4v) is 6.13. The van der Waals surface area contributed by atoms with Crippen LogP contribution in [0.25, 0.3) is 10.9 Å². The van der Waals surface area contributed by atoms with Crippen LogP contribution in [0.1, 0.15) is 42.6 Å². The van der Waals surface area contributed by atoms with Crippen molar-refractivity contribution in [3.05, 3.63) is 53.2 Å². The van der Waals surface area contributed by atoms with Crippen molar-refractivity contribution in [1.29, 1.82) is 0 Å². The van der Waals surface area contributed by atoms with E-state index in [-0.39, 0.29) is 24.0 Å². The van der Waals surface area contributed by atoms with Gasteiger partial charge in [-0.25, -0.2) is 0 Å². The Kier molecular flexibility index (Phi) is 6.57. The molecule has 1 amide bonds. The Morgan fingerprint density at radius 2 is 1.69 bits per heavy atom. The van der Waals surface area contributed by atoms with E-state index >= 15 is 0 Å². The van der Waals surface area contributed by atoms with E-state index in [1.54, 1.807) is 28.3 Å². The summed E-state index contributed by atoms with van der Waals surface area (Å²) in [7, 11) is 4.97. The normalized spacial score (nSPS) is 19.4. The Hall–Kier alpha value is -3.23. The third-order valence-electron chi connectivity index (χ3n) is 7.98. The highest BCUT2D eigenvalue weighted by atomic mass is 16.5. The third kappa shape index (κ3) is 4.18. The van der Waals surface area contributed by atoms with Gasteiger partial charge in [0.1, 0.15) is 17.2 Å². The molecule has 2 aliphatic heterocycles. The van der Waals surface area contributed by atoms with Crippen molar-refractivity contribution in [1.82, 2.24) is 14.8 Å². The molecule has 8 nitrogen and oxygen atoms in total. The molecule has 1 saturated heterocycles. The van der Waals surface area contributed by atoms with Gasteiger partial charge in [-0.1, -0.05) is 0 Å². The molecule has 0 unspecified atom stereocenters. The van der Waals surface area contributed by atoms with Gasteiger partial charge in [0.2, 0.25) is 5.91 Å². The van der Waals surface area contributed by atoms with Crippen LogP contribution in [-0.4, -0.2) is 73.4 Å². The van der Waals surface area contributed by atoms with E-state index in [2.05, 4.69) is 16.0 Å². The molecule has 0 radical (unpaired) electrons. The van der Waals surface area contributed by atoms with Crippen molar-refractivity contribution in [2.75, 3.05) is 47.6 Å². The lowest BCUT2D eigenvalue weighted by molar-refractivity contribution is -0.130. The molecule has 2 aromatic carbocycles. The number of ether oxygens (including phenoxy) is 3. The second-order valence-corrected chi connectivity index (χ2v) is 9.94. The van der Waals surface area contributed by atoms with Crippen molar-refractivity contribution in [2.45, 2.75) is 37.8 Å². The number of amides is 1. The zero-order chi connectivity index (χ0) is 25.4. The minimum absolute atomic E-state index is 0.00624. The van der Waals surface area contributed by atoms with Gasteiger partial charge >= 0.3 is 0 Å². The molecule has 1 aromatic heterocycles. The summed E-state index contributed by atoms with van der Waals surface area (Å²) in [6.45, 7) is 4.51. The molecule has 0 saturated carbocycles. The molecule has 36 heavy (non-hydrogen) atoms. The van der Waals surface area contributed by atoms with E-state index in [1.807, 2.05) is 35.2 Å². The van der Waals surface area contributed by atoms with Gasteiger partial charge < -0.3 is 29.2 Å². The number of rotatable bonds is 6. The highest BCUT2D eigenvalue weighted by Crippen LogP contribution is 2.49. The van der Waals surface area contributed by atoms with Crippen LogP contribution in [0.2, 0.25) is 0 Å². The number of methoxy groups -OCH3 is 3. The number of nitrogens with zero attached hydrogens (tertiary/aromatic N) is 2. The SMILES string of the molecule is COc1cc(CN2CC3(CCN(C(C)=O)CC3)c3c([nH]c4cc(OC)ccc34)[C@H]2CO)cc(OC)c1. The molecule has 5 rings (SSSR count). The van der Waals surface area contributed by atoms with E-state index in [9.17, 15) is 9.90 Å². The predicted molar refractivity (Wildman–Crippen MR) is 138 cm³/mol. The second kappa shape index (κ2) is 9.67. The number of aromatic amines is 1. The maximum absolute atomic E-state index is 12.1. The Bertz CT molecular complexity index is 1240. The van der Waals surface area contributed by atoms with Crippen LogP contribution in [0.5, 0.6) is 17.2 Å². The summed E-state index contributed by atoms with van der Waals surface area (Å²) in [6, 6.07) is 11.9. The molecule has 0 aliphatic carbocycles. The van der Waals surface area contributed by atoms with Gasteiger partial charge in [-0.3, -0.25) is 9.69 Å². The van der Waals surface area contributed by atoms with E-state index < -0.39 is 0 Å². The number of carbonyl (C=O) groups excluding carboxylic acids is 1. The van der Waals surface area contributed by atoms with E-state index in [4.69, 9.17) is 14.2 Å². The summed E-state index contributed by atoms with van der Waals surface area (Å²) < 4.78 is 16.5. The van der Waals surface area contributed by atoms with Crippen LogP contribution in [0.4, 0.5) is 0 Å². The van der Waals surface area contributed by atoms with Crippen LogP contribution >= 0.6 is 0 Å². The minimum Gasteiger partial charge on any atom is -0.497 e. The lowest BCUT2D eigenvalue weighted by atomic mass is 9.68. The van der Waals surface area contributed by atoms with Crippen LogP contribution in [0, 0.1) is 0 Å². The summed E-state index contributed by atoms with van der Waals surface area (Å²) in [5.74, 6) is 2.40. The average molecular weight is 494 g/mol. The van der Waals surface area contributed by atoms with Crippen LogP contribution < -0.4 is 14.2 Å². The monoisotopic (exact) mass is 493 g/mol. The quantitative estimate of drug-likeness (QED) is 0.546. The number of aliphatic hydroxyl groups excluding tert-OH is 1. The van der Waals surface area contributed by atoms with Gasteiger partial charge in [0.15, 0.2) is 0 Å². The number of likely N-dealkylation sites (tertiary alicyclic amines) is 1. The van der Waals surface area contributed by atoms with Crippen molar-refractivity contribution in [2.24, 2.45) is 0 Å². The molecule has 1 spiro atoms. The Balaban J connectivity index is 1.60. The maximum atomic E-state index is 12.1. The molecule has 3 heterocycles. The van der Waals surface area contributed by atoms with Gasteiger partial charge in [0.25, 0.3) is 0 Å². The fourth-order valence-electron chi connectivity index (χ4n) is 6.13. The number of aliphatic hydroxyl groups is 1. The highest BCUT2D eigenvalue weighted by molar-refractivity contribution is 5.88. The van der Waals surface area contributed by atoms with Gasteiger partial charge in [0.05, 0.1) is 34.0 Å². The van der Waals surface area contributed by atoms with Crippen molar-refractivity contribution < 1.29 is 24.1 Å². The molecule has 1 atom stereocenters. The number of hydrogen-bond acceptors (Lipinski definition) is 6. The number of fused-ring (bicyclic) bond motifs is 4. The lowest BCUT2D eigenvalue weighted by Gasteiger charge is -2.50. The summed E-state index contributed by atoms with van der Waals surface area (Å²) in [4.78, 5) is 20.1. The van der Waals surface area contributed by atoms with E-state index in [0.717, 1.165) is 66.5 Å². The average Bonchev–Trinajstić information content (AvgIpc) is 3.28. The number of hydrogen-bond donors (Lipinski definition) is 2. The van der Waals surface area contributed by atoms with Crippen LogP contribution in [0.15, 0.2) is 36.4 Å². The summed E-state index contributed by atoms with van der Waals surface area (Å²) in [5, 5.41) is 11.8. The summed E-state index contributed by atoms with van der Waals surface area (Å²) in [5.41, 5.74) is 4.27. The Morgan fingerprint density at radius 3 is 2.28 bits per heavy atom. The molecule has 3 aromatic rings. The van der Waals surface area contributed by atoms with Crippen LogP contribution in [0.3, 0.4) is 0 Å². The van der Waals surface area contributed by atoms with E-state index in [0.29, 0.717) is 6.54 Å². The first-order chi connectivity index (χ1) is 17.4. The maximum Gasteiger partial charge on any atom is 0.219 e. The number of benzene rings is 2. The first kappa shape index (κ1) is 24.5. The molecular weight excluding hydrogens is 458 g/mol. The second-order valence-electron chi connectivity index (χ2n) is 9.94. The highest BCUT2D eigenvalue weighted by Gasteiger charge is 2.47. The predicted octanol–water partition coefficient (Wildman–Crippen LogP) is 3.62. The Morgan fingerprint density at radius 1 is 1.03 bits per heavy atom. The first-order valence-corrected chi connectivity index (χ1v) is 12.4. The number of piperidine rings is 1. The standard InChI is InChI=1S/C28H35N3O5/c1-18(33)30-9-7-28(8-10-30)17-31(15-19-11-21(35-3)13-22(12-19)36-4)25(16-32)27-26(28)23-6-5-20(34-2)14-24(23)29-27/h5-6,11-14,25,29,32H,7-10,15-17H2,1-4H3/t25-/m1/s1. The topological polar surface area (TPSA) is 87.3 Å². The molecule has 8 heteroatoms. The number of aromatic nitrogens is 1. The van der Waals surface area contributed by atoms with Gasteiger partial charge in [0, 0.05) is 67.2 Å². The minimum atomic E-state index is -0.188. The van der Waals surface area contributed by atoms with Crippen molar-refractivity contribution in [3.63, 3.8) is 0 Å². The van der Waals surface area contributed by atoms with Gasteiger partial charge in [-0.15, -0.1) is 0 Å². The summed E-state index contributed by atoms with van der Waals surface area (Å²) >= 11 is 0. The summed E-state index contributed by atoms with van der Waals surface area (Å²) in [6.07, 6.45) is 1.74. The molecule has 1 fully saturated rings. The number of H-pyrrole nitrogens is 1. The van der Waals surface area contributed by atoms with Crippen LogP contribution in [-0.2, 0) is 16.8 Å². The molecule has 192 valence electrons. The molecular formula is C28H35N3O5. The van der Waals surface area contributed by atoms with Gasteiger partial charge in [-0.05, 0) is 48.2 Å². The first-order valence-electron chi connectivity index (χ1n) is 12.4. The number of carbonyl (C=O) groups is 1. The zero-order valence-corrected chi connectivity index (χ0v) is 21.5. The lowest BCUT2D eigenvalue weighted by Crippen LogP contribution is -2.54. The molecule has 2 aliphatic rings. The Labute approximate surface area is 211 Å². The molecule has 2 N–H and O–H groups in total. The largest absolute Gasteiger partial charge is 0.497 e. The van der Waals surface area contributed by atoms with E-state index in [1.165, 1.54) is 10.9 Å². The van der Waals surface area contributed by atoms with Gasteiger partial charge in [-0.2, -0.15) is 0 Å². The smallest absolute Gasteiger partial charge is 0.219 e. The van der Waals surface area contributed by atoms with Crippen molar-refractivity contribution >= 4 is 16.8 Å². The zero-order valence-electron chi connectivity index (χ0n) is 21.5. The third-order valence-corrected chi connectivity index (χ3v) is 7.98. The molecule has 0 bridgehead atoms. The fraction of sp³-hybridized carbons (Fsp3) is 0.464.